The molecule has 9 heteroatoms. The zero-order valence-corrected chi connectivity index (χ0v) is 34.8. The molecule has 0 fully saturated rings. The summed E-state index contributed by atoms with van der Waals surface area (Å²) in [5, 5.41) is 0. The third kappa shape index (κ3) is 40.5. The van der Waals surface area contributed by atoms with Gasteiger partial charge in [0.15, 0.2) is 0 Å². The van der Waals surface area contributed by atoms with E-state index < -0.39 is 13.9 Å². The van der Waals surface area contributed by atoms with Crippen LogP contribution in [0.3, 0.4) is 0 Å². The average Bonchev–Trinajstić information content (AvgIpc) is 3.12. The molecule has 0 aliphatic heterocycles. The summed E-state index contributed by atoms with van der Waals surface area (Å²) in [6.45, 7) is 4.97. The number of carbonyl (C=O) groups is 1. The maximum absolute atomic E-state index is 12.6. The summed E-state index contributed by atoms with van der Waals surface area (Å²) in [6.07, 6.45) is 41.3. The van der Waals surface area contributed by atoms with Gasteiger partial charge in [-0.05, 0) is 12.8 Å². The molecule has 0 aromatic carbocycles. The molecule has 2 atom stereocenters. The predicted octanol–water partition coefficient (Wildman–Crippen LogP) is 12.9. The van der Waals surface area contributed by atoms with Gasteiger partial charge in [0.05, 0.1) is 19.8 Å². The molecule has 51 heavy (non-hydrogen) atoms. The molecular formula is C42H86NO7P. The Morgan fingerprint density at radius 2 is 0.863 bits per heavy atom. The van der Waals surface area contributed by atoms with Gasteiger partial charge in [-0.1, -0.05) is 206 Å². The minimum Gasteiger partial charge on any atom is -0.457 e. The minimum absolute atomic E-state index is 0.0903. The molecule has 3 N–H and O–H groups in total. The van der Waals surface area contributed by atoms with Crippen molar-refractivity contribution in [1.82, 2.24) is 0 Å². The Hall–Kier alpha value is -0.500. The van der Waals surface area contributed by atoms with Crippen LogP contribution in [0, 0.1) is 0 Å². The third-order valence-electron chi connectivity index (χ3n) is 9.77. The number of rotatable bonds is 43. The fourth-order valence-electron chi connectivity index (χ4n) is 6.53. The SMILES string of the molecule is CCCCCCCCCCCCCCCCCCCCCCCCC(=O)OC(COCCCCCCCCCCCC)COP(=O)(O)OCCN. The zero-order chi connectivity index (χ0) is 37.4. The summed E-state index contributed by atoms with van der Waals surface area (Å²) < 4.78 is 33.4. The molecule has 0 saturated heterocycles. The van der Waals surface area contributed by atoms with Gasteiger partial charge in [-0.25, -0.2) is 4.57 Å². The largest absolute Gasteiger partial charge is 0.472 e. The monoisotopic (exact) mass is 748 g/mol. The Balaban J connectivity index is 3.87. The summed E-state index contributed by atoms with van der Waals surface area (Å²) in [6, 6.07) is 0. The van der Waals surface area contributed by atoms with Crippen molar-refractivity contribution in [2.45, 2.75) is 232 Å². The predicted molar refractivity (Wildman–Crippen MR) is 215 cm³/mol. The van der Waals surface area contributed by atoms with Crippen LogP contribution in [0.25, 0.3) is 0 Å². The molecular weight excluding hydrogens is 661 g/mol. The van der Waals surface area contributed by atoms with Crippen molar-refractivity contribution in [3.05, 3.63) is 0 Å². The first-order valence-corrected chi connectivity index (χ1v) is 23.5. The van der Waals surface area contributed by atoms with Crippen molar-refractivity contribution in [3.63, 3.8) is 0 Å². The maximum Gasteiger partial charge on any atom is 0.472 e. The van der Waals surface area contributed by atoms with E-state index in [0.29, 0.717) is 13.0 Å². The molecule has 0 bridgehead atoms. The second-order valence-corrected chi connectivity index (χ2v) is 16.4. The first kappa shape index (κ1) is 50.5. The highest BCUT2D eigenvalue weighted by molar-refractivity contribution is 7.47. The Morgan fingerprint density at radius 3 is 1.24 bits per heavy atom. The second-order valence-electron chi connectivity index (χ2n) is 14.9. The summed E-state index contributed by atoms with van der Waals surface area (Å²) in [5.74, 6) is -0.324. The highest BCUT2D eigenvalue weighted by Gasteiger charge is 2.25. The number of unbranched alkanes of at least 4 members (excludes halogenated alkanes) is 30. The number of ether oxygens (including phenoxy) is 2. The van der Waals surface area contributed by atoms with Gasteiger partial charge < -0.3 is 20.1 Å². The average molecular weight is 748 g/mol. The van der Waals surface area contributed by atoms with E-state index in [9.17, 15) is 14.3 Å². The molecule has 0 heterocycles. The summed E-state index contributed by atoms with van der Waals surface area (Å²) in [7, 11) is -4.26. The highest BCUT2D eigenvalue weighted by Crippen LogP contribution is 2.43. The fourth-order valence-corrected chi connectivity index (χ4v) is 7.29. The van der Waals surface area contributed by atoms with E-state index in [1.54, 1.807) is 0 Å². The summed E-state index contributed by atoms with van der Waals surface area (Å²) in [4.78, 5) is 22.4. The molecule has 0 saturated carbocycles. The first-order valence-electron chi connectivity index (χ1n) is 22.0. The highest BCUT2D eigenvalue weighted by atomic mass is 31.2. The summed E-state index contributed by atoms with van der Waals surface area (Å²) >= 11 is 0. The van der Waals surface area contributed by atoms with Gasteiger partial charge in [0.25, 0.3) is 0 Å². The van der Waals surface area contributed by atoms with Gasteiger partial charge in [0, 0.05) is 19.6 Å². The van der Waals surface area contributed by atoms with Crippen LogP contribution >= 0.6 is 7.82 Å². The molecule has 8 nitrogen and oxygen atoms in total. The lowest BCUT2D eigenvalue weighted by atomic mass is 10.0. The topological polar surface area (TPSA) is 117 Å². The Morgan fingerprint density at radius 1 is 0.510 bits per heavy atom. The molecule has 0 radical (unpaired) electrons. The number of hydrogen-bond acceptors (Lipinski definition) is 7. The van der Waals surface area contributed by atoms with E-state index in [1.165, 1.54) is 173 Å². The molecule has 0 aromatic heterocycles. The zero-order valence-electron chi connectivity index (χ0n) is 33.9. The molecule has 0 aromatic rings. The van der Waals surface area contributed by atoms with Gasteiger partial charge in [0.2, 0.25) is 0 Å². The van der Waals surface area contributed by atoms with Crippen LogP contribution in [0.15, 0.2) is 0 Å². The van der Waals surface area contributed by atoms with Crippen LogP contribution in [-0.2, 0) is 27.9 Å². The number of phosphoric acid groups is 1. The van der Waals surface area contributed by atoms with Crippen LogP contribution in [0.1, 0.15) is 226 Å². The molecule has 0 amide bonds. The molecule has 0 aliphatic rings. The number of carbonyl (C=O) groups excluding carboxylic acids is 1. The number of esters is 1. The maximum atomic E-state index is 12.6. The van der Waals surface area contributed by atoms with Crippen LogP contribution in [0.4, 0.5) is 0 Å². The van der Waals surface area contributed by atoms with E-state index in [4.69, 9.17) is 24.3 Å². The van der Waals surface area contributed by atoms with Crippen molar-refractivity contribution < 1.29 is 32.8 Å². The van der Waals surface area contributed by atoms with Crippen molar-refractivity contribution in [2.75, 3.05) is 33.0 Å². The quantitative estimate of drug-likeness (QED) is 0.0360. The van der Waals surface area contributed by atoms with Gasteiger partial charge in [-0.3, -0.25) is 13.8 Å². The lowest BCUT2D eigenvalue weighted by Gasteiger charge is -2.20. The molecule has 306 valence electrons. The normalized spacial score (nSPS) is 13.4. The van der Waals surface area contributed by atoms with Crippen LogP contribution in [-0.4, -0.2) is 49.9 Å². The van der Waals surface area contributed by atoms with E-state index in [0.717, 1.165) is 32.1 Å². The number of phosphoric ester groups is 1. The van der Waals surface area contributed by atoms with Crippen molar-refractivity contribution in [1.29, 1.82) is 0 Å². The Bertz CT molecular complexity index is 757. The third-order valence-corrected chi connectivity index (χ3v) is 10.8. The lowest BCUT2D eigenvalue weighted by molar-refractivity contribution is -0.154. The van der Waals surface area contributed by atoms with E-state index in [1.807, 2.05) is 0 Å². The second kappa shape index (κ2) is 40.7. The smallest absolute Gasteiger partial charge is 0.457 e. The molecule has 0 spiro atoms. The van der Waals surface area contributed by atoms with Crippen molar-refractivity contribution >= 4 is 13.8 Å². The van der Waals surface area contributed by atoms with E-state index >= 15 is 0 Å². The minimum atomic E-state index is -4.26. The Labute approximate surface area is 316 Å². The van der Waals surface area contributed by atoms with Gasteiger partial charge in [-0.15, -0.1) is 0 Å². The van der Waals surface area contributed by atoms with Gasteiger partial charge >= 0.3 is 13.8 Å². The number of nitrogens with two attached hydrogens (primary N) is 1. The summed E-state index contributed by atoms with van der Waals surface area (Å²) in [5.41, 5.74) is 5.36. The molecule has 2 unspecified atom stereocenters. The van der Waals surface area contributed by atoms with Crippen molar-refractivity contribution in [3.8, 4) is 0 Å². The van der Waals surface area contributed by atoms with E-state index in [-0.39, 0.29) is 32.3 Å². The van der Waals surface area contributed by atoms with E-state index in [2.05, 4.69) is 13.8 Å². The lowest BCUT2D eigenvalue weighted by Crippen LogP contribution is -2.28. The fraction of sp³-hybridized carbons (Fsp3) is 0.976. The van der Waals surface area contributed by atoms with Gasteiger partial charge in [-0.2, -0.15) is 0 Å². The molecule has 0 aliphatic carbocycles. The van der Waals surface area contributed by atoms with Gasteiger partial charge in [0.1, 0.15) is 6.10 Å². The van der Waals surface area contributed by atoms with Crippen LogP contribution in [0.2, 0.25) is 0 Å². The van der Waals surface area contributed by atoms with Crippen LogP contribution in [0.5, 0.6) is 0 Å². The van der Waals surface area contributed by atoms with Crippen LogP contribution < -0.4 is 5.73 Å². The first-order chi connectivity index (χ1) is 24.9. The molecule has 0 rings (SSSR count). The number of hydrogen-bond donors (Lipinski definition) is 2. The standard InChI is InChI=1S/C42H86NO7P/c1-3-5-7-9-11-13-15-16-17-18-19-20-21-22-23-24-25-26-27-29-31-33-35-42(44)50-41(40-49-51(45,46)48-38-36-43)39-47-37-34-32-30-28-14-12-10-8-6-4-2/h41H,3-40,43H2,1-2H3,(H,45,46). The van der Waals surface area contributed by atoms with Crippen molar-refractivity contribution in [2.24, 2.45) is 5.73 Å². The Kier molecular flexibility index (Phi) is 40.3.